The van der Waals surface area contributed by atoms with Gasteiger partial charge in [-0.2, -0.15) is 0 Å². The van der Waals surface area contributed by atoms with Crippen LogP contribution in [0.2, 0.25) is 0 Å². The van der Waals surface area contributed by atoms with E-state index >= 15 is 0 Å². The van der Waals surface area contributed by atoms with Crippen LogP contribution in [-0.2, 0) is 16.9 Å². The van der Waals surface area contributed by atoms with E-state index in [2.05, 4.69) is 16.8 Å². The third-order valence-corrected chi connectivity index (χ3v) is 6.41. The highest BCUT2D eigenvalue weighted by atomic mass is 32.2. The summed E-state index contributed by atoms with van der Waals surface area (Å²) in [5, 5.41) is 3.89. The largest absolute Gasteiger partial charge is 0.348 e. The summed E-state index contributed by atoms with van der Waals surface area (Å²) >= 11 is 0. The highest BCUT2D eigenvalue weighted by Crippen LogP contribution is 2.25. The Kier molecular flexibility index (Phi) is 3.51. The van der Waals surface area contributed by atoms with Gasteiger partial charge in [-0.1, -0.05) is 0 Å². The minimum absolute atomic E-state index is 0.0461. The van der Waals surface area contributed by atoms with E-state index in [0.29, 0.717) is 12.0 Å². The highest BCUT2D eigenvalue weighted by molar-refractivity contribution is 7.91. The molecule has 0 radical (unpaired) electrons. The molecular formula is C16H20N2O3S. The van der Waals surface area contributed by atoms with E-state index in [9.17, 15) is 13.2 Å². The quantitative estimate of drug-likeness (QED) is 0.916. The average Bonchev–Trinajstić information content (AvgIpc) is 2.92. The summed E-state index contributed by atoms with van der Waals surface area (Å²) in [6, 6.07) is 5.35. The van der Waals surface area contributed by atoms with Crippen LogP contribution in [0.1, 0.15) is 28.0 Å². The Morgan fingerprint density at radius 2 is 2.05 bits per heavy atom. The minimum atomic E-state index is -2.99. The average molecular weight is 320 g/mol. The highest BCUT2D eigenvalue weighted by Gasteiger charge is 2.29. The van der Waals surface area contributed by atoms with Crippen molar-refractivity contribution in [3.05, 3.63) is 35.0 Å². The van der Waals surface area contributed by atoms with Crippen molar-refractivity contribution in [1.29, 1.82) is 0 Å². The zero-order valence-electron chi connectivity index (χ0n) is 13.0. The van der Waals surface area contributed by atoms with Crippen molar-refractivity contribution in [2.75, 3.05) is 11.5 Å². The lowest BCUT2D eigenvalue weighted by Gasteiger charge is -2.11. The molecule has 1 aliphatic heterocycles. The lowest BCUT2D eigenvalue weighted by molar-refractivity contribution is 0.0941. The number of carbonyl (C=O) groups excluding carboxylic acids is 1. The van der Waals surface area contributed by atoms with Crippen molar-refractivity contribution < 1.29 is 13.2 Å². The van der Waals surface area contributed by atoms with E-state index in [1.54, 1.807) is 6.07 Å². The van der Waals surface area contributed by atoms with Crippen molar-refractivity contribution in [2.24, 2.45) is 7.05 Å². The SMILES string of the molecule is Cc1c(C)n(C)c2ccc(C(=O)NC3CCS(=O)(=O)C3)cc12. The summed E-state index contributed by atoms with van der Waals surface area (Å²) < 4.78 is 25.0. The third kappa shape index (κ3) is 2.52. The molecule has 3 rings (SSSR count). The summed E-state index contributed by atoms with van der Waals surface area (Å²) in [4.78, 5) is 12.3. The predicted octanol–water partition coefficient (Wildman–Crippen LogP) is 1.71. The Hall–Kier alpha value is -1.82. The van der Waals surface area contributed by atoms with Gasteiger partial charge in [0.05, 0.1) is 11.5 Å². The zero-order chi connectivity index (χ0) is 16.1. The van der Waals surface area contributed by atoms with Crippen LogP contribution in [0.4, 0.5) is 0 Å². The molecule has 0 spiro atoms. The second-order valence-corrected chi connectivity index (χ2v) is 8.30. The first-order valence-electron chi connectivity index (χ1n) is 7.35. The standard InChI is InChI=1S/C16H20N2O3S/c1-10-11(2)18(3)15-5-4-12(8-14(10)15)16(19)17-13-6-7-22(20,21)9-13/h4-5,8,13H,6-7,9H2,1-3H3,(H,17,19). The van der Waals surface area contributed by atoms with Crippen LogP contribution in [0, 0.1) is 13.8 Å². The Labute approximate surface area is 130 Å². The van der Waals surface area contributed by atoms with E-state index in [4.69, 9.17) is 0 Å². The molecule has 1 aromatic carbocycles. The van der Waals surface area contributed by atoms with Crippen molar-refractivity contribution in [3.8, 4) is 0 Å². The van der Waals surface area contributed by atoms with Gasteiger partial charge in [0.1, 0.15) is 0 Å². The monoisotopic (exact) mass is 320 g/mol. The molecule has 22 heavy (non-hydrogen) atoms. The number of benzene rings is 1. The van der Waals surface area contributed by atoms with Gasteiger partial charge in [-0.05, 0) is 44.0 Å². The van der Waals surface area contributed by atoms with Gasteiger partial charge in [-0.3, -0.25) is 4.79 Å². The fraction of sp³-hybridized carbons (Fsp3) is 0.438. The van der Waals surface area contributed by atoms with Gasteiger partial charge in [0.2, 0.25) is 0 Å². The summed E-state index contributed by atoms with van der Waals surface area (Å²) in [5.41, 5.74) is 4.01. The van der Waals surface area contributed by atoms with Crippen LogP contribution in [0.5, 0.6) is 0 Å². The Balaban J connectivity index is 1.87. The van der Waals surface area contributed by atoms with Gasteiger partial charge in [-0.15, -0.1) is 0 Å². The van der Waals surface area contributed by atoms with E-state index in [-0.39, 0.29) is 23.5 Å². The molecule has 0 aliphatic carbocycles. The normalized spacial score (nSPS) is 20.4. The van der Waals surface area contributed by atoms with Crippen LogP contribution in [-0.4, -0.2) is 36.4 Å². The molecule has 1 N–H and O–H groups in total. The van der Waals surface area contributed by atoms with Crippen molar-refractivity contribution in [1.82, 2.24) is 9.88 Å². The van der Waals surface area contributed by atoms with Gasteiger partial charge in [0, 0.05) is 35.2 Å². The molecule has 6 heteroatoms. The van der Waals surface area contributed by atoms with Crippen molar-refractivity contribution >= 4 is 26.6 Å². The van der Waals surface area contributed by atoms with E-state index < -0.39 is 9.84 Å². The van der Waals surface area contributed by atoms with Gasteiger partial charge in [0.15, 0.2) is 9.84 Å². The van der Waals surface area contributed by atoms with E-state index in [1.807, 2.05) is 26.1 Å². The zero-order valence-corrected chi connectivity index (χ0v) is 13.8. The molecule has 1 aromatic heterocycles. The predicted molar refractivity (Wildman–Crippen MR) is 86.9 cm³/mol. The second kappa shape index (κ2) is 5.12. The fourth-order valence-corrected chi connectivity index (χ4v) is 4.75. The number of amides is 1. The number of carbonyl (C=O) groups is 1. The molecular weight excluding hydrogens is 300 g/mol. The topological polar surface area (TPSA) is 68.2 Å². The maximum Gasteiger partial charge on any atom is 0.251 e. The first kappa shape index (κ1) is 15.1. The maximum absolute atomic E-state index is 12.3. The number of hydrogen-bond acceptors (Lipinski definition) is 3. The Bertz CT molecular complexity index is 865. The molecule has 0 bridgehead atoms. The van der Waals surface area contributed by atoms with Crippen LogP contribution in [0.15, 0.2) is 18.2 Å². The van der Waals surface area contributed by atoms with Gasteiger partial charge in [0.25, 0.3) is 5.91 Å². The molecule has 1 fully saturated rings. The molecule has 1 atom stereocenters. The number of hydrogen-bond donors (Lipinski definition) is 1. The van der Waals surface area contributed by atoms with Crippen LogP contribution in [0.25, 0.3) is 10.9 Å². The van der Waals surface area contributed by atoms with Crippen molar-refractivity contribution in [2.45, 2.75) is 26.3 Å². The molecule has 2 aromatic rings. The van der Waals surface area contributed by atoms with Crippen LogP contribution in [0.3, 0.4) is 0 Å². The van der Waals surface area contributed by atoms with Gasteiger partial charge >= 0.3 is 0 Å². The molecule has 5 nitrogen and oxygen atoms in total. The number of fused-ring (bicyclic) bond motifs is 1. The number of rotatable bonds is 2. The maximum atomic E-state index is 12.3. The van der Waals surface area contributed by atoms with Crippen LogP contribution >= 0.6 is 0 Å². The molecule has 1 saturated heterocycles. The number of nitrogens with zero attached hydrogens (tertiary/aromatic N) is 1. The molecule has 1 amide bonds. The second-order valence-electron chi connectivity index (χ2n) is 6.07. The van der Waals surface area contributed by atoms with E-state index in [1.165, 1.54) is 5.69 Å². The summed E-state index contributed by atoms with van der Waals surface area (Å²) in [6.45, 7) is 4.10. The van der Waals surface area contributed by atoms with Crippen LogP contribution < -0.4 is 5.32 Å². The summed E-state index contributed by atoms with van der Waals surface area (Å²) in [6.07, 6.45) is 0.500. The third-order valence-electron chi connectivity index (χ3n) is 4.64. The lowest BCUT2D eigenvalue weighted by atomic mass is 10.1. The lowest BCUT2D eigenvalue weighted by Crippen LogP contribution is -2.35. The van der Waals surface area contributed by atoms with E-state index in [0.717, 1.165) is 16.5 Å². The Morgan fingerprint density at radius 1 is 1.32 bits per heavy atom. The number of aromatic nitrogens is 1. The Morgan fingerprint density at radius 3 is 2.68 bits per heavy atom. The minimum Gasteiger partial charge on any atom is -0.348 e. The summed E-state index contributed by atoms with van der Waals surface area (Å²) in [7, 11) is -0.977. The molecule has 0 saturated carbocycles. The smallest absolute Gasteiger partial charge is 0.251 e. The first-order chi connectivity index (χ1) is 10.3. The first-order valence-corrected chi connectivity index (χ1v) is 9.17. The fourth-order valence-electron chi connectivity index (χ4n) is 3.07. The molecule has 2 heterocycles. The number of nitrogens with one attached hydrogen (secondary N) is 1. The number of aryl methyl sites for hydroxylation is 2. The molecule has 118 valence electrons. The number of sulfone groups is 1. The molecule has 1 aliphatic rings. The summed E-state index contributed by atoms with van der Waals surface area (Å²) in [5.74, 6) is 0.00298. The van der Waals surface area contributed by atoms with Crippen molar-refractivity contribution in [3.63, 3.8) is 0 Å². The van der Waals surface area contributed by atoms with Gasteiger partial charge in [-0.25, -0.2) is 8.42 Å². The molecule has 1 unspecified atom stereocenters. The van der Waals surface area contributed by atoms with Gasteiger partial charge < -0.3 is 9.88 Å².